The van der Waals surface area contributed by atoms with Crippen molar-refractivity contribution < 1.29 is 38.8 Å². The lowest BCUT2D eigenvalue weighted by atomic mass is 9.38. The molecule has 0 aromatic heterocycles. The molecule has 0 aromatic carbocycles. The van der Waals surface area contributed by atoms with Crippen LogP contribution in [-0.4, -0.2) is 58.6 Å². The Morgan fingerprint density at radius 2 is 1.53 bits per heavy atom. The quantitative estimate of drug-likeness (QED) is 0.361. The van der Waals surface area contributed by atoms with E-state index in [0.29, 0.717) is 31.3 Å². The van der Waals surface area contributed by atoms with E-state index in [4.69, 9.17) is 14.2 Å². The summed E-state index contributed by atoms with van der Waals surface area (Å²) in [6.07, 6.45) is -1.91. The molecule has 0 radical (unpaired) electrons. The van der Waals surface area contributed by atoms with Crippen LogP contribution in [-0.2, 0) is 28.6 Å². The number of aliphatic hydroxyl groups excluding tert-OH is 2. The van der Waals surface area contributed by atoms with Crippen molar-refractivity contribution >= 4 is 17.9 Å². The van der Waals surface area contributed by atoms with Crippen molar-refractivity contribution in [1.82, 2.24) is 0 Å². The Kier molecular flexibility index (Phi) is 5.96. The van der Waals surface area contributed by atoms with Gasteiger partial charge >= 0.3 is 17.9 Å². The van der Waals surface area contributed by atoms with Crippen LogP contribution in [0.3, 0.4) is 0 Å². The number of esters is 3. The molecule has 0 saturated heterocycles. The van der Waals surface area contributed by atoms with E-state index in [1.807, 2.05) is 13.8 Å². The minimum Gasteiger partial charge on any atom is -0.462 e. The second-order valence-electron chi connectivity index (χ2n) is 11.8. The Bertz CT molecular complexity index is 910. The molecule has 8 heteroatoms. The van der Waals surface area contributed by atoms with Gasteiger partial charge in [0.2, 0.25) is 0 Å². The predicted molar refractivity (Wildman–Crippen MR) is 121 cm³/mol. The highest BCUT2D eigenvalue weighted by atomic mass is 16.6. The Hall–Kier alpha value is -1.93. The third-order valence-corrected chi connectivity index (χ3v) is 9.53. The molecule has 0 heterocycles. The van der Waals surface area contributed by atoms with Crippen molar-refractivity contribution in [3.05, 3.63) is 12.2 Å². The van der Waals surface area contributed by atoms with Crippen molar-refractivity contribution in [2.24, 2.45) is 34.0 Å². The van der Waals surface area contributed by atoms with Gasteiger partial charge in [-0.05, 0) is 42.6 Å². The van der Waals surface area contributed by atoms with Gasteiger partial charge in [0.25, 0.3) is 0 Å². The molecule has 10 unspecified atom stereocenters. The van der Waals surface area contributed by atoms with Crippen molar-refractivity contribution in [1.29, 1.82) is 0 Å². The Balaban J connectivity index is 1.96. The highest BCUT2D eigenvalue weighted by Crippen LogP contribution is 2.73. The summed E-state index contributed by atoms with van der Waals surface area (Å²) in [7, 11) is 0. The van der Waals surface area contributed by atoms with Crippen LogP contribution in [0, 0.1) is 34.0 Å². The van der Waals surface area contributed by atoms with Crippen LogP contribution in [0.2, 0.25) is 0 Å². The van der Waals surface area contributed by atoms with E-state index >= 15 is 0 Å². The van der Waals surface area contributed by atoms with Gasteiger partial charge < -0.3 is 24.4 Å². The first-order valence-electron chi connectivity index (χ1n) is 12.2. The molecular weight excluding hydrogens is 440 g/mol. The molecule has 34 heavy (non-hydrogen) atoms. The zero-order valence-electron chi connectivity index (χ0n) is 21.0. The predicted octanol–water partition coefficient (Wildman–Crippen LogP) is 2.54. The van der Waals surface area contributed by atoms with Crippen molar-refractivity contribution in [2.45, 2.75) is 97.7 Å². The van der Waals surface area contributed by atoms with Gasteiger partial charge in [0.15, 0.2) is 0 Å². The molecule has 4 saturated carbocycles. The number of hydrogen-bond acceptors (Lipinski definition) is 8. The van der Waals surface area contributed by atoms with E-state index in [-0.39, 0.29) is 5.92 Å². The average molecular weight is 479 g/mol. The second kappa shape index (κ2) is 8.05. The maximum atomic E-state index is 12.4. The maximum absolute atomic E-state index is 12.4. The molecule has 0 amide bonds. The van der Waals surface area contributed by atoms with Crippen LogP contribution in [0.1, 0.15) is 67.2 Å². The fourth-order valence-electron chi connectivity index (χ4n) is 8.79. The van der Waals surface area contributed by atoms with E-state index < -0.39 is 76.5 Å². The van der Waals surface area contributed by atoms with Crippen molar-refractivity contribution in [3.63, 3.8) is 0 Å². The highest BCUT2D eigenvalue weighted by Gasteiger charge is 2.77. The van der Waals surface area contributed by atoms with E-state index in [1.54, 1.807) is 0 Å². The second-order valence-corrected chi connectivity index (χ2v) is 11.8. The summed E-state index contributed by atoms with van der Waals surface area (Å²) in [6, 6.07) is 0. The lowest BCUT2D eigenvalue weighted by Gasteiger charge is -2.69. The summed E-state index contributed by atoms with van der Waals surface area (Å²) < 4.78 is 17.6. The summed E-state index contributed by atoms with van der Waals surface area (Å²) >= 11 is 0. The Labute approximate surface area is 201 Å². The van der Waals surface area contributed by atoms with Gasteiger partial charge in [-0.2, -0.15) is 0 Å². The summed E-state index contributed by atoms with van der Waals surface area (Å²) in [5.41, 5.74) is -1.65. The van der Waals surface area contributed by atoms with E-state index in [0.717, 1.165) is 0 Å². The first-order valence-corrected chi connectivity index (χ1v) is 12.2. The van der Waals surface area contributed by atoms with Gasteiger partial charge in [-0.15, -0.1) is 0 Å². The zero-order valence-corrected chi connectivity index (χ0v) is 21.0. The molecule has 1 spiro atoms. The van der Waals surface area contributed by atoms with Crippen LogP contribution in [0.4, 0.5) is 0 Å². The average Bonchev–Trinajstić information content (AvgIpc) is 2.88. The molecule has 10 atom stereocenters. The van der Waals surface area contributed by atoms with E-state index in [1.165, 1.54) is 20.8 Å². The van der Waals surface area contributed by atoms with Crippen LogP contribution in [0.25, 0.3) is 0 Å². The van der Waals surface area contributed by atoms with Gasteiger partial charge in [-0.1, -0.05) is 27.4 Å². The number of hydrogen-bond donors (Lipinski definition) is 2. The number of aliphatic hydroxyl groups is 2. The van der Waals surface area contributed by atoms with Crippen LogP contribution in [0.15, 0.2) is 12.2 Å². The fourth-order valence-corrected chi connectivity index (χ4v) is 8.79. The topological polar surface area (TPSA) is 119 Å². The maximum Gasteiger partial charge on any atom is 0.303 e. The summed E-state index contributed by atoms with van der Waals surface area (Å²) in [6.45, 7) is 14.1. The summed E-state index contributed by atoms with van der Waals surface area (Å²) in [5, 5.41) is 23.1. The minimum absolute atomic E-state index is 0.108. The van der Waals surface area contributed by atoms with Crippen molar-refractivity contribution in [2.75, 3.05) is 0 Å². The van der Waals surface area contributed by atoms with Gasteiger partial charge in [-0.25, -0.2) is 0 Å². The molecule has 0 aromatic rings. The standard InChI is InChI=1S/C26H38O8/c1-12-16-10-17(30)20-25(7)9-8-18(32-13(2)27)24(5,6)21(25)19(33-14(3)28)23(34-15(4)29)26(20,11-16)22(12)31/h16-23,30-31H,1,8-11H2,2-7H3. The number of ether oxygens (including phenoxy) is 3. The van der Waals surface area contributed by atoms with Crippen LogP contribution < -0.4 is 0 Å². The fraction of sp³-hybridized carbons (Fsp3) is 0.808. The molecular formula is C26H38O8. The number of fused-ring (bicyclic) bond motifs is 3. The number of carbonyl (C=O) groups is 3. The van der Waals surface area contributed by atoms with Crippen LogP contribution >= 0.6 is 0 Å². The van der Waals surface area contributed by atoms with Gasteiger partial charge in [0, 0.05) is 43.4 Å². The molecule has 4 rings (SSSR count). The largest absolute Gasteiger partial charge is 0.462 e. The first-order chi connectivity index (χ1) is 15.7. The molecule has 0 aliphatic heterocycles. The molecule has 2 bridgehead atoms. The Morgan fingerprint density at radius 1 is 0.941 bits per heavy atom. The third-order valence-electron chi connectivity index (χ3n) is 9.53. The molecule has 4 fully saturated rings. The Morgan fingerprint density at radius 3 is 2.09 bits per heavy atom. The molecule has 8 nitrogen and oxygen atoms in total. The minimum atomic E-state index is -1.03. The molecule has 4 aliphatic rings. The zero-order chi connectivity index (χ0) is 25.4. The lowest BCUT2D eigenvalue weighted by Crippen LogP contribution is -2.74. The molecule has 190 valence electrons. The first kappa shape index (κ1) is 25.2. The smallest absolute Gasteiger partial charge is 0.303 e. The van der Waals surface area contributed by atoms with Crippen molar-refractivity contribution in [3.8, 4) is 0 Å². The van der Waals surface area contributed by atoms with Gasteiger partial charge in [0.05, 0.1) is 12.2 Å². The van der Waals surface area contributed by atoms with Crippen LogP contribution in [0.5, 0.6) is 0 Å². The molecule has 2 N–H and O–H groups in total. The molecule has 4 aliphatic carbocycles. The summed E-state index contributed by atoms with van der Waals surface area (Å²) in [4.78, 5) is 36.7. The van der Waals surface area contributed by atoms with Gasteiger partial charge in [0.1, 0.15) is 18.3 Å². The van der Waals surface area contributed by atoms with E-state index in [9.17, 15) is 24.6 Å². The normalized spacial score (nSPS) is 46.6. The number of rotatable bonds is 3. The van der Waals surface area contributed by atoms with E-state index in [2.05, 4.69) is 13.5 Å². The highest BCUT2D eigenvalue weighted by molar-refractivity contribution is 5.68. The SMILES string of the molecule is C=C1C2CC(O)C3C4(C)CCC(OC(C)=O)C(C)(C)C4C(OC(C)=O)C(OC(C)=O)C3(C2)C1O. The lowest BCUT2D eigenvalue weighted by molar-refractivity contribution is -0.303. The monoisotopic (exact) mass is 478 g/mol. The van der Waals surface area contributed by atoms with Gasteiger partial charge in [-0.3, -0.25) is 14.4 Å². The third kappa shape index (κ3) is 3.35. The number of carbonyl (C=O) groups excluding carboxylic acids is 3. The summed E-state index contributed by atoms with van der Waals surface area (Å²) in [5.74, 6) is -2.41.